The molecule has 1 aromatic rings. The summed E-state index contributed by atoms with van der Waals surface area (Å²) in [6, 6.07) is 6.39. The van der Waals surface area contributed by atoms with Gasteiger partial charge < -0.3 is 4.74 Å². The third-order valence-corrected chi connectivity index (χ3v) is 2.79. The van der Waals surface area contributed by atoms with E-state index in [1.807, 2.05) is 5.87 Å². The first-order valence-corrected chi connectivity index (χ1v) is 5.29. The average Bonchev–Trinajstić information content (AvgIpc) is 2.76. The van der Waals surface area contributed by atoms with Crippen LogP contribution in [0.4, 0.5) is 0 Å². The number of nitrogens with one attached hydrogen (secondary N) is 1. The van der Waals surface area contributed by atoms with Gasteiger partial charge in [-0.25, -0.2) is 0 Å². The van der Waals surface area contributed by atoms with Gasteiger partial charge in [0.05, 0.1) is 22.8 Å². The highest BCUT2D eigenvalue weighted by Gasteiger charge is 2.58. The van der Waals surface area contributed by atoms with Crippen LogP contribution in [0, 0.1) is 20.4 Å². The maximum atomic E-state index is 11.4. The Morgan fingerprint density at radius 2 is 2.11 bits per heavy atom. The van der Waals surface area contributed by atoms with Gasteiger partial charge >= 0.3 is 11.9 Å². The molecule has 0 amide bonds. The monoisotopic (exact) mass is 264 g/mol. The molecule has 0 aliphatic carbocycles. The molecule has 1 heterocycles. The topological polar surface area (TPSA) is 106 Å². The number of nitrogens with zero attached hydrogens (tertiary/aromatic N) is 2. The summed E-state index contributed by atoms with van der Waals surface area (Å²) < 4.78 is 4.98. The molecule has 1 aromatic carbocycles. The lowest BCUT2D eigenvalue weighted by atomic mass is 9.95. The summed E-state index contributed by atoms with van der Waals surface area (Å²) in [5, 5.41) is 18.0. The lowest BCUT2D eigenvalue weighted by Crippen LogP contribution is -2.24. The number of benzene rings is 1. The van der Waals surface area contributed by atoms with Crippen LogP contribution < -0.4 is 4.74 Å². The second-order valence-electron chi connectivity index (χ2n) is 3.80. The molecule has 8 heteroatoms. The molecule has 1 fully saturated rings. The third kappa shape index (κ3) is 2.16. The largest absolute Gasteiger partial charge is 0.497 e. The zero-order valence-corrected chi connectivity index (χ0v) is 9.90. The van der Waals surface area contributed by atoms with E-state index in [-0.39, 0.29) is 10.6 Å². The minimum absolute atomic E-state index is 0.0324. The summed E-state index contributed by atoms with van der Waals surface area (Å²) in [4.78, 5) is 26.1. The van der Waals surface area contributed by atoms with Crippen molar-refractivity contribution in [2.24, 2.45) is 0 Å². The van der Waals surface area contributed by atoms with Crippen molar-refractivity contribution in [3.8, 4) is 5.75 Å². The van der Waals surface area contributed by atoms with E-state index in [0.717, 1.165) is 0 Å². The van der Waals surface area contributed by atoms with Crippen LogP contribution in [0.5, 0.6) is 5.75 Å². The van der Waals surface area contributed by atoms with E-state index in [4.69, 9.17) is 10.1 Å². The highest BCUT2D eigenvalue weighted by molar-refractivity contribution is 5.55. The van der Waals surface area contributed by atoms with E-state index in [0.29, 0.717) is 11.3 Å². The minimum Gasteiger partial charge on any atom is -0.497 e. The Hall–Kier alpha value is -2.73. The minimum atomic E-state index is -1.56. The first-order valence-electron chi connectivity index (χ1n) is 5.29. The highest BCUT2D eigenvalue weighted by atomic mass is 16.8. The Morgan fingerprint density at radius 1 is 1.47 bits per heavy atom. The summed E-state index contributed by atoms with van der Waals surface area (Å²) in [7, 11) is 1.50. The Bertz CT molecular complexity index is 576. The number of rotatable bonds is 3. The summed E-state index contributed by atoms with van der Waals surface area (Å²) >= 11 is 0. The summed E-state index contributed by atoms with van der Waals surface area (Å²) in [5.74, 6) is 1.52. The molecule has 0 aromatic heterocycles. The molecule has 1 aliphatic rings. The van der Waals surface area contributed by atoms with Crippen molar-refractivity contribution in [3.05, 3.63) is 50.5 Å². The molecule has 1 saturated heterocycles. The first kappa shape index (κ1) is 12.7. The molecule has 1 N–H and O–H groups in total. The van der Waals surface area contributed by atoms with Crippen molar-refractivity contribution in [2.75, 3.05) is 7.11 Å². The van der Waals surface area contributed by atoms with Crippen LogP contribution in [-0.4, -0.2) is 29.1 Å². The summed E-state index contributed by atoms with van der Waals surface area (Å²) in [6.07, 6.45) is -1.56. The fraction of sp³-hybridized carbons (Fsp3) is 0.273. The molecule has 0 spiro atoms. The van der Waals surface area contributed by atoms with Gasteiger partial charge in [0.1, 0.15) is 5.75 Å². The zero-order valence-electron chi connectivity index (χ0n) is 9.90. The standard InChI is InChI=1S/C11H10N3O5/c1-18-8-4-2-7(3-5-8)10-9(6-12)14(17)19-11(10)13(15)16/h2-5,10-12H,1H3/q+1. The maximum absolute atomic E-state index is 11.4. The fourth-order valence-corrected chi connectivity index (χ4v) is 1.88. The number of hydrogen-bond donors (Lipinski definition) is 1. The van der Waals surface area contributed by atoms with Gasteiger partial charge in [0.15, 0.2) is 0 Å². The summed E-state index contributed by atoms with van der Waals surface area (Å²) in [6.45, 7) is 0. The number of ether oxygens (including phenoxy) is 1. The third-order valence-electron chi connectivity index (χ3n) is 2.79. The summed E-state index contributed by atoms with van der Waals surface area (Å²) in [5.41, 5.74) is 0.252. The van der Waals surface area contributed by atoms with Gasteiger partial charge in [-0.15, -0.1) is 4.84 Å². The van der Waals surface area contributed by atoms with E-state index >= 15 is 0 Å². The van der Waals surface area contributed by atoms with Crippen molar-refractivity contribution < 1.29 is 19.4 Å². The van der Waals surface area contributed by atoms with E-state index in [9.17, 15) is 15.0 Å². The normalized spacial score (nSPS) is 21.7. The van der Waals surface area contributed by atoms with Crippen LogP contribution in [0.3, 0.4) is 0 Å². The number of nitro groups is 1. The lowest BCUT2D eigenvalue weighted by Gasteiger charge is -2.06. The van der Waals surface area contributed by atoms with Crippen LogP contribution in [0.25, 0.3) is 0 Å². The van der Waals surface area contributed by atoms with Crippen molar-refractivity contribution in [1.82, 2.24) is 0 Å². The van der Waals surface area contributed by atoms with Crippen molar-refractivity contribution in [2.45, 2.75) is 12.1 Å². The zero-order chi connectivity index (χ0) is 14.0. The van der Waals surface area contributed by atoms with E-state index in [1.165, 1.54) is 7.11 Å². The molecule has 0 radical (unpaired) electrons. The smallest absolute Gasteiger partial charge is 0.434 e. The van der Waals surface area contributed by atoms with Crippen molar-refractivity contribution in [1.29, 1.82) is 5.41 Å². The van der Waals surface area contributed by atoms with Gasteiger partial charge in [-0.2, -0.15) is 0 Å². The van der Waals surface area contributed by atoms with Gasteiger partial charge in [0.2, 0.25) is 5.92 Å². The van der Waals surface area contributed by atoms with Gasteiger partial charge in [0, 0.05) is 0 Å². The van der Waals surface area contributed by atoms with Crippen LogP contribution in [-0.2, 0) is 4.84 Å². The molecular formula is C11H10N3O5+. The average molecular weight is 264 g/mol. The quantitative estimate of drug-likeness (QED) is 0.502. The van der Waals surface area contributed by atoms with Gasteiger partial charge in [0.25, 0.3) is 4.92 Å². The first-order chi connectivity index (χ1) is 9.08. The molecule has 8 nitrogen and oxygen atoms in total. The Kier molecular flexibility index (Phi) is 3.26. The molecule has 2 atom stereocenters. The molecule has 0 bridgehead atoms. The van der Waals surface area contributed by atoms with Gasteiger partial charge in [-0.1, -0.05) is 12.1 Å². The Morgan fingerprint density at radius 3 is 2.58 bits per heavy atom. The molecule has 1 aliphatic heterocycles. The number of methoxy groups -OCH3 is 1. The predicted molar refractivity (Wildman–Crippen MR) is 62.5 cm³/mol. The van der Waals surface area contributed by atoms with Crippen molar-refractivity contribution >= 4 is 5.87 Å². The van der Waals surface area contributed by atoms with Crippen LogP contribution in [0.2, 0.25) is 0 Å². The Balaban J connectivity index is 2.45. The van der Waals surface area contributed by atoms with Crippen LogP contribution in [0.1, 0.15) is 11.5 Å². The molecule has 2 unspecified atom stereocenters. The molecule has 2 rings (SSSR count). The molecule has 98 valence electrons. The molecular weight excluding hydrogens is 254 g/mol. The number of hydrogen-bond acceptors (Lipinski definition) is 6. The van der Waals surface area contributed by atoms with Gasteiger partial charge in [-0.3, -0.25) is 15.5 Å². The van der Waals surface area contributed by atoms with E-state index < -0.39 is 17.1 Å². The maximum Gasteiger partial charge on any atom is 0.434 e. The van der Waals surface area contributed by atoms with Gasteiger partial charge in [-0.05, 0) is 17.7 Å². The van der Waals surface area contributed by atoms with Crippen LogP contribution in [0.15, 0.2) is 30.0 Å². The van der Waals surface area contributed by atoms with Crippen LogP contribution >= 0.6 is 0 Å². The SMILES string of the molecule is COc1ccc(C2C(=C=N)[N+](=O)OC2[N+](=O)[O-])cc1. The fourth-order valence-electron chi connectivity index (χ4n) is 1.88. The predicted octanol–water partition coefficient (Wildman–Crippen LogP) is 1.24. The highest BCUT2D eigenvalue weighted by Crippen LogP contribution is 2.35. The Labute approximate surface area is 107 Å². The second kappa shape index (κ2) is 4.87. The molecule has 19 heavy (non-hydrogen) atoms. The lowest BCUT2D eigenvalue weighted by molar-refractivity contribution is -0.804. The second-order valence-corrected chi connectivity index (χ2v) is 3.80. The molecule has 0 saturated carbocycles. The van der Waals surface area contributed by atoms with E-state index in [1.54, 1.807) is 24.3 Å². The van der Waals surface area contributed by atoms with E-state index in [2.05, 4.69) is 4.84 Å². The van der Waals surface area contributed by atoms with Crippen molar-refractivity contribution in [3.63, 3.8) is 0 Å².